The molecule has 1 aromatic heterocycles. The summed E-state index contributed by atoms with van der Waals surface area (Å²) >= 11 is 0. The number of hydrogen-bond acceptors (Lipinski definition) is 3. The predicted molar refractivity (Wildman–Crippen MR) is 58.6 cm³/mol. The van der Waals surface area contributed by atoms with Crippen molar-refractivity contribution in [1.29, 1.82) is 0 Å². The van der Waals surface area contributed by atoms with Gasteiger partial charge in [0.2, 0.25) is 0 Å². The molecule has 1 heterocycles. The van der Waals surface area contributed by atoms with Crippen LogP contribution in [0, 0.1) is 0 Å². The minimum Gasteiger partial charge on any atom is -0.464 e. The first-order valence-electron chi connectivity index (χ1n) is 4.58. The normalized spacial score (nSPS) is 12.2. The largest absolute Gasteiger partial charge is 0.464 e. The van der Waals surface area contributed by atoms with Crippen molar-refractivity contribution in [2.45, 2.75) is 32.4 Å². The minimum absolute atomic E-state index is 0. The molecule has 1 aromatic rings. The lowest BCUT2D eigenvalue weighted by atomic mass is 10.1. The van der Waals surface area contributed by atoms with Crippen molar-refractivity contribution in [3.63, 3.8) is 0 Å². The lowest BCUT2D eigenvalue weighted by Gasteiger charge is -2.04. The van der Waals surface area contributed by atoms with Crippen LogP contribution >= 0.6 is 12.4 Å². The molecule has 1 rings (SSSR count). The standard InChI is InChI=1S/C10H17NO2.ClH/c1-3-8(11)6-9-4-5-10(13-9)7-12-2;/h4-5,8H,3,6-7,11H2,1-2H3;1H. The third-order valence-corrected chi connectivity index (χ3v) is 1.99. The Kier molecular flexibility index (Phi) is 6.62. The molecule has 82 valence electrons. The lowest BCUT2D eigenvalue weighted by Crippen LogP contribution is -2.20. The van der Waals surface area contributed by atoms with E-state index in [-0.39, 0.29) is 18.4 Å². The molecule has 1 unspecified atom stereocenters. The molecule has 0 fully saturated rings. The summed E-state index contributed by atoms with van der Waals surface area (Å²) < 4.78 is 10.4. The minimum atomic E-state index is 0. The van der Waals surface area contributed by atoms with E-state index < -0.39 is 0 Å². The molecule has 0 saturated carbocycles. The number of ether oxygens (including phenoxy) is 1. The fourth-order valence-electron chi connectivity index (χ4n) is 1.15. The van der Waals surface area contributed by atoms with Gasteiger partial charge in [-0.05, 0) is 18.6 Å². The van der Waals surface area contributed by atoms with Crippen LogP contribution < -0.4 is 5.73 Å². The van der Waals surface area contributed by atoms with E-state index in [1.807, 2.05) is 12.1 Å². The SMILES string of the molecule is CCC(N)Cc1ccc(COC)o1.Cl. The predicted octanol–water partition coefficient (Wildman–Crippen LogP) is 2.13. The van der Waals surface area contributed by atoms with Gasteiger partial charge in [-0.1, -0.05) is 6.92 Å². The molecule has 3 nitrogen and oxygen atoms in total. The number of furan rings is 1. The number of hydrogen-bond donors (Lipinski definition) is 1. The van der Waals surface area contributed by atoms with Gasteiger partial charge in [0.1, 0.15) is 18.1 Å². The molecule has 0 bridgehead atoms. The van der Waals surface area contributed by atoms with Crippen molar-refractivity contribution in [2.24, 2.45) is 5.73 Å². The smallest absolute Gasteiger partial charge is 0.129 e. The number of rotatable bonds is 5. The summed E-state index contributed by atoms with van der Waals surface area (Å²) in [6.07, 6.45) is 1.78. The molecule has 0 aliphatic carbocycles. The first kappa shape index (κ1) is 13.5. The maximum atomic E-state index is 5.80. The van der Waals surface area contributed by atoms with Crippen molar-refractivity contribution in [3.05, 3.63) is 23.7 Å². The van der Waals surface area contributed by atoms with E-state index in [4.69, 9.17) is 14.9 Å². The van der Waals surface area contributed by atoms with Gasteiger partial charge in [0, 0.05) is 19.6 Å². The Morgan fingerprint density at radius 3 is 2.64 bits per heavy atom. The van der Waals surface area contributed by atoms with Crippen LogP contribution in [-0.4, -0.2) is 13.2 Å². The van der Waals surface area contributed by atoms with Crippen LogP contribution in [0.2, 0.25) is 0 Å². The summed E-state index contributed by atoms with van der Waals surface area (Å²) in [5, 5.41) is 0. The topological polar surface area (TPSA) is 48.4 Å². The van der Waals surface area contributed by atoms with E-state index in [1.165, 1.54) is 0 Å². The summed E-state index contributed by atoms with van der Waals surface area (Å²) in [6.45, 7) is 2.60. The highest BCUT2D eigenvalue weighted by Crippen LogP contribution is 2.11. The maximum Gasteiger partial charge on any atom is 0.129 e. The highest BCUT2D eigenvalue weighted by molar-refractivity contribution is 5.85. The molecule has 0 radical (unpaired) electrons. The molecule has 0 amide bonds. The van der Waals surface area contributed by atoms with Gasteiger partial charge in [-0.15, -0.1) is 12.4 Å². The van der Waals surface area contributed by atoms with Gasteiger partial charge in [0.25, 0.3) is 0 Å². The van der Waals surface area contributed by atoms with Crippen LogP contribution in [0.25, 0.3) is 0 Å². The fraction of sp³-hybridized carbons (Fsp3) is 0.600. The fourth-order valence-corrected chi connectivity index (χ4v) is 1.15. The summed E-state index contributed by atoms with van der Waals surface area (Å²) in [7, 11) is 1.65. The summed E-state index contributed by atoms with van der Waals surface area (Å²) in [6, 6.07) is 4.09. The van der Waals surface area contributed by atoms with Crippen LogP contribution in [0.4, 0.5) is 0 Å². The summed E-state index contributed by atoms with van der Waals surface area (Å²) in [4.78, 5) is 0. The van der Waals surface area contributed by atoms with Crippen molar-refractivity contribution in [1.82, 2.24) is 0 Å². The second-order valence-corrected chi connectivity index (χ2v) is 3.17. The monoisotopic (exact) mass is 219 g/mol. The Morgan fingerprint density at radius 2 is 2.07 bits per heavy atom. The van der Waals surface area contributed by atoms with E-state index >= 15 is 0 Å². The van der Waals surface area contributed by atoms with Crippen molar-refractivity contribution in [2.75, 3.05) is 7.11 Å². The molecule has 0 aliphatic heterocycles. The molecule has 2 N–H and O–H groups in total. The third-order valence-electron chi connectivity index (χ3n) is 1.99. The Morgan fingerprint density at radius 1 is 1.43 bits per heavy atom. The zero-order valence-electron chi connectivity index (χ0n) is 8.66. The van der Waals surface area contributed by atoms with Gasteiger partial charge >= 0.3 is 0 Å². The highest BCUT2D eigenvalue weighted by Gasteiger charge is 2.05. The molecular formula is C10H18ClNO2. The Bertz CT molecular complexity index is 250. The first-order valence-corrected chi connectivity index (χ1v) is 4.58. The average Bonchev–Trinajstić information content (AvgIpc) is 2.53. The zero-order valence-corrected chi connectivity index (χ0v) is 9.47. The molecule has 14 heavy (non-hydrogen) atoms. The van der Waals surface area contributed by atoms with E-state index in [1.54, 1.807) is 7.11 Å². The Labute approximate surface area is 91.0 Å². The van der Waals surface area contributed by atoms with E-state index in [0.29, 0.717) is 6.61 Å². The average molecular weight is 220 g/mol. The number of nitrogens with two attached hydrogens (primary N) is 1. The van der Waals surface area contributed by atoms with Crippen LogP contribution in [0.1, 0.15) is 24.9 Å². The molecule has 0 aliphatic rings. The van der Waals surface area contributed by atoms with E-state index in [0.717, 1.165) is 24.4 Å². The van der Waals surface area contributed by atoms with Gasteiger partial charge in [-0.3, -0.25) is 0 Å². The van der Waals surface area contributed by atoms with Crippen molar-refractivity contribution < 1.29 is 9.15 Å². The maximum absolute atomic E-state index is 5.80. The van der Waals surface area contributed by atoms with E-state index in [2.05, 4.69) is 6.92 Å². The second-order valence-electron chi connectivity index (χ2n) is 3.17. The van der Waals surface area contributed by atoms with Crippen LogP contribution in [0.15, 0.2) is 16.5 Å². The second kappa shape index (κ2) is 6.87. The Balaban J connectivity index is 0.00000169. The third kappa shape index (κ3) is 4.13. The highest BCUT2D eigenvalue weighted by atomic mass is 35.5. The molecule has 0 aromatic carbocycles. The summed E-state index contributed by atoms with van der Waals surface area (Å²) in [5.74, 6) is 1.81. The molecule has 0 saturated heterocycles. The first-order chi connectivity index (χ1) is 6.26. The van der Waals surface area contributed by atoms with E-state index in [9.17, 15) is 0 Å². The molecule has 4 heteroatoms. The molecule has 1 atom stereocenters. The van der Waals surface area contributed by atoms with Gasteiger partial charge in [0.15, 0.2) is 0 Å². The lowest BCUT2D eigenvalue weighted by molar-refractivity contribution is 0.162. The number of halogens is 1. The molecular weight excluding hydrogens is 202 g/mol. The van der Waals surface area contributed by atoms with Crippen LogP contribution in [-0.2, 0) is 17.8 Å². The van der Waals surface area contributed by atoms with Crippen molar-refractivity contribution >= 4 is 12.4 Å². The van der Waals surface area contributed by atoms with Gasteiger partial charge in [-0.25, -0.2) is 0 Å². The molecule has 0 spiro atoms. The van der Waals surface area contributed by atoms with Crippen LogP contribution in [0.3, 0.4) is 0 Å². The summed E-state index contributed by atoms with van der Waals surface area (Å²) in [5.41, 5.74) is 5.80. The quantitative estimate of drug-likeness (QED) is 0.826. The zero-order chi connectivity index (χ0) is 9.68. The number of methoxy groups -OCH3 is 1. The van der Waals surface area contributed by atoms with Crippen LogP contribution in [0.5, 0.6) is 0 Å². The Hall–Kier alpha value is -0.510. The van der Waals surface area contributed by atoms with Gasteiger partial charge in [0.05, 0.1) is 0 Å². The van der Waals surface area contributed by atoms with Crippen molar-refractivity contribution in [3.8, 4) is 0 Å². The van der Waals surface area contributed by atoms with Gasteiger partial charge < -0.3 is 14.9 Å². The van der Waals surface area contributed by atoms with Gasteiger partial charge in [-0.2, -0.15) is 0 Å².